The summed E-state index contributed by atoms with van der Waals surface area (Å²) in [5.74, 6) is 0. The zero-order chi connectivity index (χ0) is 18.9. The highest BCUT2D eigenvalue weighted by atomic mass is 35.5. The molecule has 2 heterocycles. The largest absolute Gasteiger partial charge is 0.340 e. The second-order valence-electron chi connectivity index (χ2n) is 7.71. The highest BCUT2D eigenvalue weighted by molar-refractivity contribution is 6.31. The zero-order valence-corrected chi connectivity index (χ0v) is 16.7. The van der Waals surface area contributed by atoms with Crippen molar-refractivity contribution in [2.75, 3.05) is 0 Å². The van der Waals surface area contributed by atoms with Crippen LogP contribution in [-0.4, -0.2) is 4.57 Å². The zero-order valence-electron chi connectivity index (χ0n) is 15.9. The number of hydrogen-bond acceptors (Lipinski definition) is 0. The van der Waals surface area contributed by atoms with Crippen LogP contribution in [0.1, 0.15) is 35.2 Å². The van der Waals surface area contributed by atoms with Crippen molar-refractivity contribution in [3.63, 3.8) is 0 Å². The quantitative estimate of drug-likeness (QED) is 0.405. The van der Waals surface area contributed by atoms with Crippen molar-refractivity contribution in [2.24, 2.45) is 0 Å². The van der Waals surface area contributed by atoms with Gasteiger partial charge in [0.05, 0.1) is 5.02 Å². The molecule has 0 unspecified atom stereocenters. The van der Waals surface area contributed by atoms with Gasteiger partial charge in [0.2, 0.25) is 0 Å². The van der Waals surface area contributed by atoms with Gasteiger partial charge in [-0.15, -0.1) is 0 Å². The summed E-state index contributed by atoms with van der Waals surface area (Å²) in [6.07, 6.45) is 9.36. The van der Waals surface area contributed by atoms with Crippen molar-refractivity contribution >= 4 is 22.5 Å². The molecule has 1 aliphatic carbocycles. The van der Waals surface area contributed by atoms with Crippen molar-refractivity contribution in [2.45, 2.75) is 38.8 Å². The molecule has 0 aliphatic heterocycles. The Morgan fingerprint density at radius 1 is 0.857 bits per heavy atom. The third-order valence-corrected chi connectivity index (χ3v) is 6.26. The summed E-state index contributed by atoms with van der Waals surface area (Å²) < 4.78 is 4.73. The van der Waals surface area contributed by atoms with E-state index in [2.05, 4.69) is 64.0 Å². The third-order valence-electron chi connectivity index (χ3n) is 5.90. The first-order chi connectivity index (χ1) is 13.8. The van der Waals surface area contributed by atoms with E-state index in [9.17, 15) is 0 Å². The van der Waals surface area contributed by atoms with Crippen LogP contribution in [0, 0.1) is 0 Å². The SMILES string of the molecule is Clc1ccccc1C[n+]1ccc(Cn2c3c(c4ccccc42)CCCC3)cc1. The van der Waals surface area contributed by atoms with E-state index in [0.29, 0.717) is 0 Å². The normalized spacial score (nSPS) is 13.6. The summed E-state index contributed by atoms with van der Waals surface area (Å²) in [7, 11) is 0. The van der Waals surface area contributed by atoms with E-state index in [1.807, 2.05) is 18.2 Å². The van der Waals surface area contributed by atoms with Crippen LogP contribution in [0.2, 0.25) is 5.02 Å². The molecule has 2 aromatic heterocycles. The van der Waals surface area contributed by atoms with E-state index in [-0.39, 0.29) is 0 Å². The summed E-state index contributed by atoms with van der Waals surface area (Å²) in [6.45, 7) is 1.73. The van der Waals surface area contributed by atoms with Gasteiger partial charge in [0, 0.05) is 40.8 Å². The van der Waals surface area contributed by atoms with Gasteiger partial charge >= 0.3 is 0 Å². The number of pyridine rings is 1. The van der Waals surface area contributed by atoms with Gasteiger partial charge in [0.15, 0.2) is 18.9 Å². The number of rotatable bonds is 4. The van der Waals surface area contributed by atoms with Crippen LogP contribution in [0.3, 0.4) is 0 Å². The number of aromatic nitrogens is 2. The molecule has 140 valence electrons. The monoisotopic (exact) mass is 387 g/mol. The van der Waals surface area contributed by atoms with Crippen LogP contribution < -0.4 is 4.57 Å². The lowest BCUT2D eigenvalue weighted by atomic mass is 9.95. The van der Waals surface area contributed by atoms with Gasteiger partial charge in [-0.2, -0.15) is 0 Å². The van der Waals surface area contributed by atoms with E-state index in [0.717, 1.165) is 23.7 Å². The van der Waals surface area contributed by atoms with Crippen LogP contribution in [0.5, 0.6) is 0 Å². The smallest absolute Gasteiger partial charge is 0.175 e. The van der Waals surface area contributed by atoms with Gasteiger partial charge in [0.1, 0.15) is 0 Å². The molecule has 0 spiro atoms. The van der Waals surface area contributed by atoms with Gasteiger partial charge in [-0.3, -0.25) is 0 Å². The Labute approximate surface area is 171 Å². The Kier molecular flexibility index (Phi) is 4.66. The summed E-state index contributed by atoms with van der Waals surface area (Å²) in [5.41, 5.74) is 6.98. The van der Waals surface area contributed by atoms with Crippen LogP contribution in [-0.2, 0) is 25.9 Å². The van der Waals surface area contributed by atoms with Crippen LogP contribution in [0.25, 0.3) is 10.9 Å². The average molecular weight is 388 g/mol. The molecule has 5 rings (SSSR count). The number of hydrogen-bond donors (Lipinski definition) is 0. The lowest BCUT2D eigenvalue weighted by Gasteiger charge is -2.16. The molecule has 0 bridgehead atoms. The highest BCUT2D eigenvalue weighted by Gasteiger charge is 2.19. The van der Waals surface area contributed by atoms with Crippen molar-refractivity contribution in [1.29, 1.82) is 0 Å². The Morgan fingerprint density at radius 3 is 2.46 bits per heavy atom. The molecule has 1 aliphatic rings. The highest BCUT2D eigenvalue weighted by Crippen LogP contribution is 2.32. The fraction of sp³-hybridized carbons (Fsp3) is 0.240. The number of aryl methyl sites for hydroxylation is 1. The lowest BCUT2D eigenvalue weighted by molar-refractivity contribution is -0.688. The molecule has 2 nitrogen and oxygen atoms in total. The standard InChI is InChI=1S/C25H24ClN2/c26-23-10-4-1-7-20(23)18-27-15-13-19(14-16-27)17-28-24-11-5-2-8-21(24)22-9-3-6-12-25(22)28/h1-2,4-5,7-8,10-11,13-16H,3,6,9,12,17-18H2/q+1. The summed E-state index contributed by atoms with van der Waals surface area (Å²) in [4.78, 5) is 0. The number of fused-ring (bicyclic) bond motifs is 3. The molecule has 0 radical (unpaired) electrons. The minimum absolute atomic E-state index is 0.793. The predicted octanol–water partition coefficient (Wildman–Crippen LogP) is 5.56. The molecule has 28 heavy (non-hydrogen) atoms. The number of benzene rings is 2. The fourth-order valence-corrected chi connectivity index (χ4v) is 4.67. The van der Waals surface area contributed by atoms with Crippen molar-refractivity contribution in [3.8, 4) is 0 Å². The third kappa shape index (κ3) is 3.22. The molecule has 2 aromatic carbocycles. The molecule has 0 saturated carbocycles. The van der Waals surface area contributed by atoms with Gasteiger partial charge in [-0.05, 0) is 48.9 Å². The molecule has 0 saturated heterocycles. The topological polar surface area (TPSA) is 8.81 Å². The van der Waals surface area contributed by atoms with Crippen molar-refractivity contribution in [3.05, 3.63) is 100 Å². The Balaban J connectivity index is 1.43. The van der Waals surface area contributed by atoms with E-state index in [1.54, 1.807) is 11.3 Å². The maximum absolute atomic E-state index is 6.31. The maximum atomic E-state index is 6.31. The summed E-state index contributed by atoms with van der Waals surface area (Å²) >= 11 is 6.31. The van der Waals surface area contributed by atoms with E-state index < -0.39 is 0 Å². The molecule has 0 N–H and O–H groups in total. The van der Waals surface area contributed by atoms with Gasteiger partial charge < -0.3 is 4.57 Å². The predicted molar refractivity (Wildman–Crippen MR) is 115 cm³/mol. The Bertz CT molecular complexity index is 1130. The van der Waals surface area contributed by atoms with Crippen LogP contribution in [0.15, 0.2) is 73.1 Å². The Hall–Kier alpha value is -2.58. The lowest BCUT2D eigenvalue weighted by Crippen LogP contribution is -2.33. The van der Waals surface area contributed by atoms with Crippen LogP contribution in [0.4, 0.5) is 0 Å². The second kappa shape index (κ2) is 7.44. The minimum atomic E-state index is 0.793. The molecule has 0 fully saturated rings. The van der Waals surface area contributed by atoms with Gasteiger partial charge in [-0.1, -0.05) is 48.0 Å². The molecule has 0 amide bonds. The van der Waals surface area contributed by atoms with E-state index in [4.69, 9.17) is 11.6 Å². The average Bonchev–Trinajstić information content (AvgIpc) is 3.05. The summed E-state index contributed by atoms with van der Waals surface area (Å²) in [5, 5.41) is 2.27. The van der Waals surface area contributed by atoms with Crippen LogP contribution >= 0.6 is 11.6 Å². The maximum Gasteiger partial charge on any atom is 0.175 e. The molecule has 4 aromatic rings. The van der Waals surface area contributed by atoms with Gasteiger partial charge in [0.25, 0.3) is 0 Å². The first kappa shape index (κ1) is 17.5. The second-order valence-corrected chi connectivity index (χ2v) is 8.11. The number of halogens is 1. The molecule has 0 atom stereocenters. The summed E-state index contributed by atoms with van der Waals surface area (Å²) in [6, 6.07) is 21.4. The minimum Gasteiger partial charge on any atom is -0.340 e. The Morgan fingerprint density at radius 2 is 1.61 bits per heavy atom. The van der Waals surface area contributed by atoms with Gasteiger partial charge in [-0.25, -0.2) is 4.57 Å². The molecule has 3 heteroatoms. The number of para-hydroxylation sites is 1. The van der Waals surface area contributed by atoms with E-state index in [1.165, 1.54) is 42.1 Å². The van der Waals surface area contributed by atoms with Crippen molar-refractivity contribution in [1.82, 2.24) is 4.57 Å². The first-order valence-electron chi connectivity index (χ1n) is 10.1. The molecular formula is C25H24ClN2+. The number of nitrogens with zero attached hydrogens (tertiary/aromatic N) is 2. The fourth-order valence-electron chi connectivity index (χ4n) is 4.47. The van der Waals surface area contributed by atoms with Crippen molar-refractivity contribution < 1.29 is 4.57 Å². The van der Waals surface area contributed by atoms with E-state index >= 15 is 0 Å². The molecular weight excluding hydrogens is 364 g/mol. The first-order valence-corrected chi connectivity index (χ1v) is 10.5.